The summed E-state index contributed by atoms with van der Waals surface area (Å²) in [4.78, 5) is 27.1. The van der Waals surface area contributed by atoms with Gasteiger partial charge in [0.05, 0.1) is 42.1 Å². The quantitative estimate of drug-likeness (QED) is 0.250. The van der Waals surface area contributed by atoms with Crippen LogP contribution >= 0.6 is 23.2 Å². The molecule has 1 heterocycles. The number of carbonyl (C=O) groups excluding carboxylic acids is 2. The van der Waals surface area contributed by atoms with E-state index in [9.17, 15) is 28.6 Å². The molecule has 1 fully saturated rings. The average Bonchev–Trinajstić information content (AvgIpc) is 3.11. The summed E-state index contributed by atoms with van der Waals surface area (Å²) in [6.45, 7) is 0. The molecular weight excluding hydrogens is 519 g/mol. The van der Waals surface area contributed by atoms with E-state index in [2.05, 4.69) is 0 Å². The molecule has 0 aromatic heterocycles. The van der Waals surface area contributed by atoms with Gasteiger partial charge in [0, 0.05) is 6.07 Å². The van der Waals surface area contributed by atoms with Gasteiger partial charge in [0.2, 0.25) is 0 Å². The van der Waals surface area contributed by atoms with Gasteiger partial charge in [0.25, 0.3) is 11.7 Å². The topological polar surface area (TPSA) is 96.3 Å². The Morgan fingerprint density at radius 1 is 0.972 bits per heavy atom. The minimum Gasteiger partial charge on any atom is -0.508 e. The molecule has 11 heteroatoms. The Bertz CT molecular complexity index is 1430. The number of hydrogen-bond acceptors (Lipinski definition) is 6. The molecule has 0 aliphatic carbocycles. The third-order valence-electron chi connectivity index (χ3n) is 5.62. The van der Waals surface area contributed by atoms with Gasteiger partial charge in [-0.05, 0) is 35.9 Å². The molecule has 1 saturated heterocycles. The number of ketones is 1. The van der Waals surface area contributed by atoms with Crippen LogP contribution in [-0.2, 0) is 9.59 Å². The summed E-state index contributed by atoms with van der Waals surface area (Å²) >= 11 is 12.6. The van der Waals surface area contributed by atoms with Crippen molar-refractivity contribution in [3.8, 4) is 17.2 Å². The fourth-order valence-corrected chi connectivity index (χ4v) is 4.70. The minimum absolute atomic E-state index is 0.0311. The lowest BCUT2D eigenvalue weighted by atomic mass is 9.94. The van der Waals surface area contributed by atoms with Crippen molar-refractivity contribution < 1.29 is 38.1 Å². The number of halogens is 4. The first-order valence-electron chi connectivity index (χ1n) is 10.3. The molecule has 186 valence electrons. The van der Waals surface area contributed by atoms with E-state index in [1.54, 1.807) is 0 Å². The van der Waals surface area contributed by atoms with Crippen molar-refractivity contribution in [2.24, 2.45) is 0 Å². The number of aromatic hydroxyl groups is 1. The molecule has 36 heavy (non-hydrogen) atoms. The Hall–Kier alpha value is -3.82. The maximum Gasteiger partial charge on any atom is 0.300 e. The van der Waals surface area contributed by atoms with Gasteiger partial charge in [-0.2, -0.15) is 0 Å². The summed E-state index contributed by atoms with van der Waals surface area (Å²) in [6.07, 6.45) is 0. The van der Waals surface area contributed by atoms with Gasteiger partial charge >= 0.3 is 0 Å². The first-order chi connectivity index (χ1) is 17.1. The Kier molecular flexibility index (Phi) is 6.79. The third kappa shape index (κ3) is 4.10. The standard InChI is InChI=1S/C25H17Cl2F2NO6/c1-35-23-14(10-15(26)24(36-2)19(23)27)21(32)18-20(11-3-6-13(31)7-4-11)30(25(34)22(18)33)17-9-12(28)5-8-16(17)29/h3-10,20,31-32H,1-2H3/b21-18+. The van der Waals surface area contributed by atoms with Crippen molar-refractivity contribution >= 4 is 46.3 Å². The van der Waals surface area contributed by atoms with Crippen molar-refractivity contribution in [2.75, 3.05) is 19.1 Å². The van der Waals surface area contributed by atoms with Crippen molar-refractivity contribution in [3.05, 3.63) is 86.9 Å². The zero-order valence-electron chi connectivity index (χ0n) is 18.7. The molecule has 3 aromatic carbocycles. The molecule has 0 radical (unpaired) electrons. The van der Waals surface area contributed by atoms with Gasteiger partial charge in [-0.15, -0.1) is 0 Å². The summed E-state index contributed by atoms with van der Waals surface area (Å²) < 4.78 is 39.3. The first-order valence-corrected chi connectivity index (χ1v) is 11.0. The average molecular weight is 536 g/mol. The van der Waals surface area contributed by atoms with E-state index in [1.807, 2.05) is 0 Å². The molecule has 4 rings (SSSR count). The van der Waals surface area contributed by atoms with Gasteiger partial charge in [-0.25, -0.2) is 8.78 Å². The number of ether oxygens (including phenoxy) is 2. The number of aliphatic hydroxyl groups is 1. The Morgan fingerprint density at radius 2 is 1.61 bits per heavy atom. The number of rotatable bonds is 5. The predicted molar refractivity (Wildman–Crippen MR) is 129 cm³/mol. The maximum absolute atomic E-state index is 14.8. The van der Waals surface area contributed by atoms with Gasteiger partial charge < -0.3 is 19.7 Å². The predicted octanol–water partition coefficient (Wildman–Crippen LogP) is 5.62. The fraction of sp³-hybridized carbons (Fsp3) is 0.120. The van der Waals surface area contributed by atoms with Gasteiger partial charge in [0.1, 0.15) is 28.2 Å². The molecule has 1 atom stereocenters. The largest absolute Gasteiger partial charge is 0.508 e. The minimum atomic E-state index is -1.41. The number of carbonyl (C=O) groups is 2. The maximum atomic E-state index is 14.8. The number of benzene rings is 3. The van der Waals surface area contributed by atoms with Crippen molar-refractivity contribution in [1.82, 2.24) is 0 Å². The van der Waals surface area contributed by atoms with Crippen LogP contribution in [0.3, 0.4) is 0 Å². The molecule has 3 aromatic rings. The van der Waals surface area contributed by atoms with Crippen LogP contribution in [0, 0.1) is 11.6 Å². The highest BCUT2D eigenvalue weighted by Crippen LogP contribution is 2.48. The fourth-order valence-electron chi connectivity index (χ4n) is 4.02. The molecule has 1 aliphatic heterocycles. The lowest BCUT2D eigenvalue weighted by Gasteiger charge is -2.26. The van der Waals surface area contributed by atoms with E-state index in [0.29, 0.717) is 0 Å². The lowest BCUT2D eigenvalue weighted by molar-refractivity contribution is -0.132. The van der Waals surface area contributed by atoms with E-state index in [4.69, 9.17) is 32.7 Å². The highest BCUT2D eigenvalue weighted by Gasteiger charge is 2.48. The third-order valence-corrected chi connectivity index (χ3v) is 6.24. The van der Waals surface area contributed by atoms with Gasteiger partial charge in [-0.1, -0.05) is 35.3 Å². The molecule has 0 saturated carbocycles. The molecule has 1 aliphatic rings. The van der Waals surface area contributed by atoms with Gasteiger partial charge in [-0.3, -0.25) is 14.5 Å². The van der Waals surface area contributed by atoms with Crippen LogP contribution in [-0.4, -0.2) is 36.1 Å². The Morgan fingerprint density at radius 3 is 2.22 bits per heavy atom. The van der Waals surface area contributed by atoms with E-state index in [-0.39, 0.29) is 38.4 Å². The van der Waals surface area contributed by atoms with Crippen LogP contribution in [0.1, 0.15) is 17.2 Å². The Labute approximate surface area is 213 Å². The highest BCUT2D eigenvalue weighted by atomic mass is 35.5. The summed E-state index contributed by atoms with van der Waals surface area (Å²) in [7, 11) is 2.57. The molecular formula is C25H17Cl2F2NO6. The van der Waals surface area contributed by atoms with Crippen molar-refractivity contribution in [2.45, 2.75) is 6.04 Å². The van der Waals surface area contributed by atoms with Crippen LogP contribution < -0.4 is 14.4 Å². The summed E-state index contributed by atoms with van der Waals surface area (Å²) in [5.74, 6) is -5.14. The molecule has 1 amide bonds. The molecule has 0 bridgehead atoms. The van der Waals surface area contributed by atoms with Crippen molar-refractivity contribution in [1.29, 1.82) is 0 Å². The molecule has 2 N–H and O–H groups in total. The van der Waals surface area contributed by atoms with E-state index < -0.39 is 46.4 Å². The first kappa shape index (κ1) is 25.3. The zero-order chi connectivity index (χ0) is 26.3. The lowest BCUT2D eigenvalue weighted by Crippen LogP contribution is -2.30. The number of phenolic OH excluding ortho intramolecular Hbond substituents is 1. The van der Waals surface area contributed by atoms with Crippen LogP contribution in [0.4, 0.5) is 14.5 Å². The second kappa shape index (κ2) is 9.67. The zero-order valence-corrected chi connectivity index (χ0v) is 20.2. The van der Waals surface area contributed by atoms with E-state index in [0.717, 1.165) is 23.1 Å². The van der Waals surface area contributed by atoms with Gasteiger partial charge in [0.15, 0.2) is 11.5 Å². The van der Waals surface area contributed by atoms with E-state index >= 15 is 0 Å². The van der Waals surface area contributed by atoms with Crippen molar-refractivity contribution in [3.63, 3.8) is 0 Å². The highest BCUT2D eigenvalue weighted by molar-refractivity contribution is 6.52. The number of Topliss-reactive ketones (excluding diaryl/α,β-unsaturated/α-hetero) is 1. The number of hydrogen-bond donors (Lipinski definition) is 2. The second-order valence-electron chi connectivity index (χ2n) is 7.64. The number of phenols is 1. The second-order valence-corrected chi connectivity index (χ2v) is 8.43. The Balaban J connectivity index is 2.04. The molecule has 7 nitrogen and oxygen atoms in total. The monoisotopic (exact) mass is 535 g/mol. The summed E-state index contributed by atoms with van der Waals surface area (Å²) in [5, 5.41) is 20.9. The summed E-state index contributed by atoms with van der Waals surface area (Å²) in [5.41, 5.74) is -0.923. The SMILES string of the molecule is COc1c(Cl)cc(/C(O)=C2\C(=O)C(=O)N(c3cc(F)ccc3F)C2c2ccc(O)cc2)c(OC)c1Cl. The summed E-state index contributed by atoms with van der Waals surface area (Å²) in [6, 6.07) is 7.54. The van der Waals surface area contributed by atoms with Crippen LogP contribution in [0.2, 0.25) is 10.0 Å². The van der Waals surface area contributed by atoms with Crippen LogP contribution in [0.5, 0.6) is 17.2 Å². The smallest absolute Gasteiger partial charge is 0.300 e. The number of methoxy groups -OCH3 is 2. The van der Waals surface area contributed by atoms with E-state index in [1.165, 1.54) is 44.6 Å². The molecule has 0 spiro atoms. The normalized spacial score (nSPS) is 16.9. The number of amides is 1. The van der Waals surface area contributed by atoms with Crippen LogP contribution in [0.15, 0.2) is 54.1 Å². The number of nitrogens with zero attached hydrogens (tertiary/aromatic N) is 1. The number of anilines is 1. The van der Waals surface area contributed by atoms with Crippen LogP contribution in [0.25, 0.3) is 5.76 Å². The molecule has 1 unspecified atom stereocenters. The number of aliphatic hydroxyl groups excluding tert-OH is 1.